The fourth-order valence-electron chi connectivity index (χ4n) is 3.90. The summed E-state index contributed by atoms with van der Waals surface area (Å²) in [5.41, 5.74) is 0.850. The maximum Gasteiger partial charge on any atom is 0.274 e. The van der Waals surface area contributed by atoms with Crippen LogP contribution in [0.4, 0.5) is 5.95 Å². The summed E-state index contributed by atoms with van der Waals surface area (Å²) in [6.07, 6.45) is 10.5. The highest BCUT2D eigenvalue weighted by molar-refractivity contribution is 7.93. The molecule has 0 aromatic carbocycles. The van der Waals surface area contributed by atoms with Crippen molar-refractivity contribution in [3.05, 3.63) is 48.6 Å². The molecule has 3 aromatic rings. The molecule has 34 heavy (non-hydrogen) atoms. The van der Waals surface area contributed by atoms with Gasteiger partial charge in [0.05, 0.1) is 36.0 Å². The maximum absolute atomic E-state index is 13.3. The van der Waals surface area contributed by atoms with Crippen molar-refractivity contribution in [2.75, 3.05) is 17.9 Å². The summed E-state index contributed by atoms with van der Waals surface area (Å²) in [6, 6.07) is 1.41. The van der Waals surface area contributed by atoms with Gasteiger partial charge in [0.15, 0.2) is 5.82 Å². The molecule has 1 N–H and O–H groups in total. The van der Waals surface area contributed by atoms with Gasteiger partial charge in [-0.05, 0) is 38.7 Å². The number of carbonyl (C=O) groups is 1. The highest BCUT2D eigenvalue weighted by Crippen LogP contribution is 2.33. The van der Waals surface area contributed by atoms with E-state index >= 15 is 0 Å². The minimum Gasteiger partial charge on any atom is -0.477 e. The third-order valence-corrected chi connectivity index (χ3v) is 7.50. The van der Waals surface area contributed by atoms with Crippen molar-refractivity contribution in [1.82, 2.24) is 34.4 Å². The van der Waals surface area contributed by atoms with Crippen LogP contribution in [0.3, 0.4) is 0 Å². The number of carbonyl (C=O) groups excluding carboxylic acids is 1. The molecule has 3 aromatic heterocycles. The van der Waals surface area contributed by atoms with Gasteiger partial charge in [0.25, 0.3) is 5.91 Å². The van der Waals surface area contributed by atoms with Crippen molar-refractivity contribution >= 4 is 21.9 Å². The summed E-state index contributed by atoms with van der Waals surface area (Å²) in [5.74, 6) is 0.659. The van der Waals surface area contributed by atoms with E-state index in [1.165, 1.54) is 18.7 Å². The Kier molecular flexibility index (Phi) is 5.86. The van der Waals surface area contributed by atoms with Crippen LogP contribution in [0.1, 0.15) is 54.8 Å². The lowest BCUT2D eigenvalue weighted by atomic mass is 10.1. The van der Waals surface area contributed by atoms with E-state index in [2.05, 4.69) is 29.6 Å². The van der Waals surface area contributed by atoms with Crippen LogP contribution in [-0.4, -0.2) is 67.1 Å². The molecule has 0 spiro atoms. The number of imidazole rings is 1. The van der Waals surface area contributed by atoms with Gasteiger partial charge >= 0.3 is 0 Å². The van der Waals surface area contributed by atoms with Gasteiger partial charge < -0.3 is 9.64 Å². The van der Waals surface area contributed by atoms with Crippen LogP contribution in [0.2, 0.25) is 0 Å². The fraction of sp³-hybridized carbons (Fsp3) is 0.429. The van der Waals surface area contributed by atoms with Gasteiger partial charge in [-0.3, -0.25) is 19.1 Å². The van der Waals surface area contributed by atoms with Crippen molar-refractivity contribution < 1.29 is 17.9 Å². The van der Waals surface area contributed by atoms with Crippen molar-refractivity contribution in [1.29, 1.82) is 0 Å². The number of hydrogen-bond donors (Lipinski definition) is 1. The number of ether oxygens (including phenoxy) is 1. The number of sulfonamides is 1. The van der Waals surface area contributed by atoms with Crippen LogP contribution in [0, 0.1) is 0 Å². The number of aromatic nitrogens is 6. The Labute approximate surface area is 196 Å². The summed E-state index contributed by atoms with van der Waals surface area (Å²) in [6.45, 7) is 2.87. The number of likely N-dealkylation sites (tertiary alicyclic amines) is 1. The Morgan fingerprint density at radius 1 is 1.21 bits per heavy atom. The van der Waals surface area contributed by atoms with E-state index in [9.17, 15) is 13.2 Å². The SMILES string of the molecule is CCOc1cncc(-n2cnc(C(=O)N3CCC[C@@H]3c3ccnc(NS(=O)(=O)C4CC4)n3)c2)n1. The lowest BCUT2D eigenvalue weighted by Gasteiger charge is -2.23. The second-order valence-corrected chi connectivity index (χ2v) is 10.1. The average molecular weight is 485 g/mol. The maximum atomic E-state index is 13.3. The standard InChI is InChI=1S/C21H24N8O4S/c1-2-33-19-11-22-10-18(26-19)28-12-16(24-13-28)20(30)29-9-3-4-17(29)15-7-8-23-21(25-15)27-34(31,32)14-5-6-14/h7-8,10-14,17H,2-6,9H2,1H3,(H,23,25,27)/t17-/m1/s1. The van der Waals surface area contributed by atoms with E-state index in [0.717, 1.165) is 6.42 Å². The fourth-order valence-corrected chi connectivity index (χ4v) is 5.18. The van der Waals surface area contributed by atoms with Crippen LogP contribution in [0.15, 0.2) is 37.2 Å². The molecular weight excluding hydrogens is 460 g/mol. The first-order valence-corrected chi connectivity index (χ1v) is 12.6. The highest BCUT2D eigenvalue weighted by atomic mass is 32.2. The predicted octanol–water partition coefficient (Wildman–Crippen LogP) is 1.73. The Bertz CT molecular complexity index is 1310. The molecule has 1 atom stereocenters. The second-order valence-electron chi connectivity index (χ2n) is 8.12. The summed E-state index contributed by atoms with van der Waals surface area (Å²) in [5, 5.41) is -0.377. The molecule has 5 rings (SSSR count). The lowest BCUT2D eigenvalue weighted by molar-refractivity contribution is 0.0727. The smallest absolute Gasteiger partial charge is 0.274 e. The van der Waals surface area contributed by atoms with Gasteiger partial charge in [-0.15, -0.1) is 0 Å². The van der Waals surface area contributed by atoms with Crippen LogP contribution in [0.25, 0.3) is 5.82 Å². The predicted molar refractivity (Wildman–Crippen MR) is 121 cm³/mol. The first-order valence-electron chi connectivity index (χ1n) is 11.1. The largest absolute Gasteiger partial charge is 0.477 e. The number of hydrogen-bond acceptors (Lipinski definition) is 9. The van der Waals surface area contributed by atoms with E-state index in [1.54, 1.807) is 27.9 Å². The number of rotatable bonds is 8. The van der Waals surface area contributed by atoms with Crippen LogP contribution in [0.5, 0.6) is 5.88 Å². The molecule has 2 fully saturated rings. The Hall–Kier alpha value is -3.61. The monoisotopic (exact) mass is 484 g/mol. The molecular formula is C21H24N8O4S. The lowest BCUT2D eigenvalue weighted by Crippen LogP contribution is -2.31. The molecule has 13 heteroatoms. The molecule has 4 heterocycles. The summed E-state index contributed by atoms with van der Waals surface area (Å²) in [7, 11) is -3.47. The van der Waals surface area contributed by atoms with E-state index in [0.29, 0.717) is 49.8 Å². The molecule has 12 nitrogen and oxygen atoms in total. The summed E-state index contributed by atoms with van der Waals surface area (Å²) >= 11 is 0. The third kappa shape index (κ3) is 4.55. The Morgan fingerprint density at radius 3 is 2.85 bits per heavy atom. The Balaban J connectivity index is 1.34. The topological polar surface area (TPSA) is 145 Å². The summed E-state index contributed by atoms with van der Waals surface area (Å²) < 4.78 is 34.0. The van der Waals surface area contributed by atoms with Gasteiger partial charge in [0.2, 0.25) is 21.9 Å². The van der Waals surface area contributed by atoms with E-state index in [4.69, 9.17) is 4.74 Å². The van der Waals surface area contributed by atoms with Crippen LogP contribution in [-0.2, 0) is 10.0 Å². The van der Waals surface area contributed by atoms with Gasteiger partial charge in [-0.25, -0.2) is 23.4 Å². The number of amides is 1. The number of anilines is 1. The minimum atomic E-state index is -3.47. The number of nitrogens with zero attached hydrogens (tertiary/aromatic N) is 7. The highest BCUT2D eigenvalue weighted by Gasteiger charge is 2.37. The molecule has 1 saturated heterocycles. The van der Waals surface area contributed by atoms with Crippen molar-refractivity contribution in [2.45, 2.75) is 43.9 Å². The molecule has 1 aliphatic heterocycles. The molecule has 0 unspecified atom stereocenters. The Morgan fingerprint density at radius 2 is 2.06 bits per heavy atom. The zero-order valence-electron chi connectivity index (χ0n) is 18.5. The van der Waals surface area contributed by atoms with Gasteiger partial charge in [-0.1, -0.05) is 0 Å². The minimum absolute atomic E-state index is 0.0285. The van der Waals surface area contributed by atoms with Gasteiger partial charge in [0.1, 0.15) is 12.0 Å². The first kappa shape index (κ1) is 22.2. The molecule has 178 valence electrons. The van der Waals surface area contributed by atoms with Crippen molar-refractivity contribution in [3.63, 3.8) is 0 Å². The third-order valence-electron chi connectivity index (χ3n) is 5.69. The van der Waals surface area contributed by atoms with E-state index in [1.807, 2.05) is 6.92 Å². The molecule has 1 amide bonds. The quantitative estimate of drug-likeness (QED) is 0.505. The van der Waals surface area contributed by atoms with Gasteiger partial charge in [0, 0.05) is 18.9 Å². The molecule has 0 radical (unpaired) electrons. The van der Waals surface area contributed by atoms with E-state index in [-0.39, 0.29) is 28.8 Å². The second kappa shape index (κ2) is 8.97. The first-order chi connectivity index (χ1) is 16.4. The summed E-state index contributed by atoms with van der Waals surface area (Å²) in [4.78, 5) is 36.2. The zero-order chi connectivity index (χ0) is 23.7. The van der Waals surface area contributed by atoms with Crippen molar-refractivity contribution in [3.8, 4) is 11.7 Å². The van der Waals surface area contributed by atoms with Crippen LogP contribution >= 0.6 is 0 Å². The molecule has 1 saturated carbocycles. The van der Waals surface area contributed by atoms with E-state index < -0.39 is 10.0 Å². The normalized spacial score (nSPS) is 18.1. The molecule has 1 aliphatic carbocycles. The molecule has 0 bridgehead atoms. The van der Waals surface area contributed by atoms with Crippen LogP contribution < -0.4 is 9.46 Å². The van der Waals surface area contributed by atoms with Gasteiger partial charge in [-0.2, -0.15) is 4.98 Å². The average Bonchev–Trinajstić information content (AvgIpc) is 3.39. The zero-order valence-corrected chi connectivity index (χ0v) is 19.3. The molecule has 2 aliphatic rings. The van der Waals surface area contributed by atoms with Crippen molar-refractivity contribution in [2.24, 2.45) is 0 Å². The number of nitrogens with one attached hydrogen (secondary N) is 1.